The van der Waals surface area contributed by atoms with Gasteiger partial charge in [-0.05, 0) is 30.4 Å². The summed E-state index contributed by atoms with van der Waals surface area (Å²) in [6.45, 7) is 2.95. The molecule has 0 unspecified atom stereocenters. The number of aromatic nitrogens is 4. The van der Waals surface area contributed by atoms with Crippen LogP contribution in [-0.2, 0) is 4.74 Å². The molecule has 1 fully saturated rings. The minimum absolute atomic E-state index is 0.529. The number of hydrogen-bond donors (Lipinski definition) is 1. The number of halogens is 1. The van der Waals surface area contributed by atoms with E-state index in [1.165, 1.54) is 0 Å². The maximum Gasteiger partial charge on any atom is 0.214 e. The highest BCUT2D eigenvalue weighted by Gasteiger charge is 2.19. The second-order valence-electron chi connectivity index (χ2n) is 4.86. The van der Waals surface area contributed by atoms with Crippen molar-refractivity contribution in [2.24, 2.45) is 0 Å². The number of hydrogen-bond acceptors (Lipinski definition) is 5. The summed E-state index contributed by atoms with van der Waals surface area (Å²) >= 11 is 11.4. The van der Waals surface area contributed by atoms with E-state index in [9.17, 15) is 0 Å². The Morgan fingerprint density at radius 2 is 2.10 bits per heavy atom. The maximum atomic E-state index is 6.09. The Kier molecular flexibility index (Phi) is 3.06. The summed E-state index contributed by atoms with van der Waals surface area (Å²) in [5.74, 6) is 0.793. The molecule has 1 N–H and O–H groups in total. The van der Waals surface area contributed by atoms with E-state index < -0.39 is 0 Å². The van der Waals surface area contributed by atoms with Crippen LogP contribution in [0.3, 0.4) is 0 Å². The number of nitrogens with one attached hydrogen (secondary N) is 1. The highest BCUT2D eigenvalue weighted by Crippen LogP contribution is 2.26. The summed E-state index contributed by atoms with van der Waals surface area (Å²) in [7, 11) is 0. The number of morpholine rings is 1. The molecule has 0 amide bonds. The van der Waals surface area contributed by atoms with E-state index in [0.29, 0.717) is 23.0 Å². The largest absolute Gasteiger partial charge is 0.378 e. The molecule has 0 atom stereocenters. The van der Waals surface area contributed by atoms with E-state index in [2.05, 4.69) is 15.1 Å². The summed E-state index contributed by atoms with van der Waals surface area (Å²) in [4.78, 5) is 6.91. The average Bonchev–Trinajstić information content (AvgIpc) is 2.90. The van der Waals surface area contributed by atoms with E-state index in [1.54, 1.807) is 0 Å². The van der Waals surface area contributed by atoms with E-state index in [0.717, 1.165) is 35.6 Å². The van der Waals surface area contributed by atoms with Gasteiger partial charge < -0.3 is 9.64 Å². The van der Waals surface area contributed by atoms with Gasteiger partial charge in [-0.2, -0.15) is 5.10 Å². The predicted molar refractivity (Wildman–Crippen MR) is 83.7 cm³/mol. The summed E-state index contributed by atoms with van der Waals surface area (Å²) < 4.78 is 7.79. The summed E-state index contributed by atoms with van der Waals surface area (Å²) in [5.41, 5.74) is 1.59. The van der Waals surface area contributed by atoms with Gasteiger partial charge in [0.2, 0.25) is 10.7 Å². The highest BCUT2D eigenvalue weighted by molar-refractivity contribution is 7.71. The average molecular weight is 322 g/mol. The summed E-state index contributed by atoms with van der Waals surface area (Å²) in [6.07, 6.45) is 0. The molecule has 0 spiro atoms. The fourth-order valence-corrected chi connectivity index (χ4v) is 2.97. The van der Waals surface area contributed by atoms with Gasteiger partial charge in [0, 0.05) is 23.5 Å². The monoisotopic (exact) mass is 321 g/mol. The Bertz CT molecular complexity index is 883. The number of anilines is 1. The van der Waals surface area contributed by atoms with Gasteiger partial charge in [-0.25, -0.2) is 9.38 Å². The zero-order valence-electron chi connectivity index (χ0n) is 11.0. The molecule has 0 aliphatic carbocycles. The van der Waals surface area contributed by atoms with Crippen molar-refractivity contribution in [3.8, 4) is 0 Å². The van der Waals surface area contributed by atoms with Crippen molar-refractivity contribution >= 4 is 46.3 Å². The molecule has 1 aliphatic rings. The minimum Gasteiger partial charge on any atom is -0.378 e. The Balaban J connectivity index is 2.06. The molecule has 2 aromatic heterocycles. The highest BCUT2D eigenvalue weighted by atomic mass is 35.5. The zero-order valence-corrected chi connectivity index (χ0v) is 12.6. The normalized spacial score (nSPS) is 16.0. The summed E-state index contributed by atoms with van der Waals surface area (Å²) in [5, 5.41) is 8.71. The topological polar surface area (TPSA) is 58.5 Å². The molecule has 6 nitrogen and oxygen atoms in total. The number of ether oxygens (including phenoxy) is 1. The molecule has 1 saturated heterocycles. The first kappa shape index (κ1) is 13.0. The van der Waals surface area contributed by atoms with Gasteiger partial charge in [0.15, 0.2) is 5.65 Å². The number of aromatic amines is 1. The van der Waals surface area contributed by atoms with Crippen LogP contribution in [0.5, 0.6) is 0 Å². The molecule has 1 aliphatic heterocycles. The van der Waals surface area contributed by atoms with Gasteiger partial charge in [0.05, 0.1) is 18.7 Å². The van der Waals surface area contributed by atoms with Crippen molar-refractivity contribution in [3.05, 3.63) is 28.0 Å². The fraction of sp³-hybridized carbons (Fsp3) is 0.308. The third-order valence-corrected chi connectivity index (χ3v) is 4.10. The Labute approximate surface area is 130 Å². The van der Waals surface area contributed by atoms with Crippen LogP contribution in [0.2, 0.25) is 5.02 Å². The van der Waals surface area contributed by atoms with Crippen molar-refractivity contribution in [1.82, 2.24) is 19.6 Å². The molecular formula is C13H12ClN5OS. The van der Waals surface area contributed by atoms with Gasteiger partial charge in [0.25, 0.3) is 0 Å². The predicted octanol–water partition coefficient (Wildman–Crippen LogP) is 2.43. The van der Waals surface area contributed by atoms with Crippen molar-refractivity contribution in [1.29, 1.82) is 0 Å². The SMILES string of the molecule is S=c1[nH]nc2c3cc(Cl)ccc3nc(N3CCOCC3)n12. The molecule has 0 saturated carbocycles. The van der Waals surface area contributed by atoms with Crippen LogP contribution >= 0.6 is 23.8 Å². The standard InChI is InChI=1S/C13H12ClN5OS/c14-8-1-2-10-9(7-8)11-16-17-13(21)19(11)12(15-10)18-3-5-20-6-4-18/h1-2,7H,3-6H2,(H,17,21). The third kappa shape index (κ3) is 2.08. The molecule has 0 radical (unpaired) electrons. The Morgan fingerprint density at radius 1 is 1.29 bits per heavy atom. The maximum absolute atomic E-state index is 6.09. The number of rotatable bonds is 1. The van der Waals surface area contributed by atoms with E-state index in [4.69, 9.17) is 33.5 Å². The first-order chi connectivity index (χ1) is 10.2. The van der Waals surface area contributed by atoms with Crippen LogP contribution in [0.25, 0.3) is 16.6 Å². The molecule has 3 heterocycles. The van der Waals surface area contributed by atoms with Crippen LogP contribution in [0.15, 0.2) is 18.2 Å². The van der Waals surface area contributed by atoms with E-state index >= 15 is 0 Å². The van der Waals surface area contributed by atoms with E-state index in [-0.39, 0.29) is 0 Å². The molecule has 108 valence electrons. The zero-order chi connectivity index (χ0) is 14.4. The van der Waals surface area contributed by atoms with Gasteiger partial charge in [-0.1, -0.05) is 11.6 Å². The fourth-order valence-electron chi connectivity index (χ4n) is 2.58. The summed E-state index contributed by atoms with van der Waals surface area (Å²) in [6, 6.07) is 5.59. The Morgan fingerprint density at radius 3 is 2.90 bits per heavy atom. The van der Waals surface area contributed by atoms with Crippen LogP contribution in [0, 0.1) is 4.77 Å². The second-order valence-corrected chi connectivity index (χ2v) is 5.68. The first-order valence-corrected chi connectivity index (χ1v) is 7.42. The van der Waals surface area contributed by atoms with Crippen LogP contribution in [0.1, 0.15) is 0 Å². The van der Waals surface area contributed by atoms with Crippen molar-refractivity contribution in [2.75, 3.05) is 31.2 Å². The van der Waals surface area contributed by atoms with Crippen molar-refractivity contribution < 1.29 is 4.74 Å². The molecule has 21 heavy (non-hydrogen) atoms. The van der Waals surface area contributed by atoms with Gasteiger partial charge >= 0.3 is 0 Å². The molecular weight excluding hydrogens is 310 g/mol. The number of fused-ring (bicyclic) bond motifs is 3. The minimum atomic E-state index is 0.529. The smallest absolute Gasteiger partial charge is 0.214 e. The molecule has 3 aromatic rings. The van der Waals surface area contributed by atoms with Crippen molar-refractivity contribution in [2.45, 2.75) is 0 Å². The number of H-pyrrole nitrogens is 1. The van der Waals surface area contributed by atoms with Crippen molar-refractivity contribution in [3.63, 3.8) is 0 Å². The van der Waals surface area contributed by atoms with Gasteiger partial charge in [-0.3, -0.25) is 5.10 Å². The van der Waals surface area contributed by atoms with Crippen LogP contribution in [0.4, 0.5) is 5.95 Å². The van der Waals surface area contributed by atoms with E-state index in [1.807, 2.05) is 22.6 Å². The number of benzene rings is 1. The van der Waals surface area contributed by atoms with Gasteiger partial charge in [-0.15, -0.1) is 0 Å². The van der Waals surface area contributed by atoms with Crippen LogP contribution < -0.4 is 4.90 Å². The third-order valence-electron chi connectivity index (χ3n) is 3.59. The molecule has 1 aromatic carbocycles. The lowest BCUT2D eigenvalue weighted by Crippen LogP contribution is -2.38. The molecule has 8 heteroatoms. The molecule has 0 bridgehead atoms. The van der Waals surface area contributed by atoms with Crippen LogP contribution in [-0.4, -0.2) is 45.9 Å². The lowest BCUT2D eigenvalue weighted by molar-refractivity contribution is 0.122. The quantitative estimate of drug-likeness (QED) is 0.698. The first-order valence-electron chi connectivity index (χ1n) is 6.63. The Hall–Kier alpha value is -1.70. The second kappa shape index (κ2) is 4.94. The lowest BCUT2D eigenvalue weighted by Gasteiger charge is -2.28. The lowest BCUT2D eigenvalue weighted by atomic mass is 10.2. The van der Waals surface area contributed by atoms with Gasteiger partial charge in [0.1, 0.15) is 0 Å². The molecule has 4 rings (SSSR count). The number of nitrogens with zero attached hydrogens (tertiary/aromatic N) is 4.